The number of fused-ring (bicyclic) bond motifs is 1. The van der Waals surface area contributed by atoms with Crippen molar-refractivity contribution in [2.24, 2.45) is 4.52 Å². The van der Waals surface area contributed by atoms with E-state index in [9.17, 15) is 8.42 Å². The molecule has 0 spiro atoms. The van der Waals surface area contributed by atoms with Crippen molar-refractivity contribution in [1.82, 2.24) is 0 Å². The molecular weight excluding hydrogens is 328 g/mol. The van der Waals surface area contributed by atoms with Gasteiger partial charge in [-0.25, -0.2) is 0 Å². The Morgan fingerprint density at radius 2 is 1.91 bits per heavy atom. The zero-order chi connectivity index (χ0) is 16.9. The van der Waals surface area contributed by atoms with Gasteiger partial charge in [0.1, 0.15) is 0 Å². The molecule has 2 aromatic rings. The van der Waals surface area contributed by atoms with Gasteiger partial charge in [-0.15, -0.1) is 0 Å². The molecule has 8 nitrogen and oxygen atoms in total. The van der Waals surface area contributed by atoms with Crippen molar-refractivity contribution in [3.05, 3.63) is 40.3 Å². The number of rotatable bonds is 3. The number of nitrogens with zero attached hydrogens (tertiary/aromatic N) is 3. The second-order valence-corrected chi connectivity index (χ2v) is 6.30. The summed E-state index contributed by atoms with van der Waals surface area (Å²) in [7, 11) is -3.33. The minimum absolute atomic E-state index is 0.249. The minimum Gasteiger partial charge on any atom is -0.400 e. The number of hydrogen-bond acceptors (Lipinski definition) is 6. The van der Waals surface area contributed by atoms with Crippen LogP contribution < -0.4 is 5.73 Å². The van der Waals surface area contributed by atoms with E-state index in [1.807, 2.05) is 6.92 Å². The zero-order valence-corrected chi connectivity index (χ0v) is 13.4. The van der Waals surface area contributed by atoms with Gasteiger partial charge in [0.25, 0.3) is 10.1 Å². The monoisotopic (exact) mass is 342 g/mol. The lowest BCUT2D eigenvalue weighted by Gasteiger charge is -2.09. The van der Waals surface area contributed by atoms with Gasteiger partial charge in [0.2, 0.25) is 0 Å². The third-order valence-electron chi connectivity index (χ3n) is 2.73. The SMILES string of the molecule is CO.Cc1cc2c(N)cc(S(=O)(=O)O)cc2cc1SN=[N+]=[N-]. The maximum atomic E-state index is 11.2. The number of nitrogens with two attached hydrogens (primary N) is 1. The highest BCUT2D eigenvalue weighted by Crippen LogP contribution is 2.32. The molecule has 0 fully saturated rings. The summed E-state index contributed by atoms with van der Waals surface area (Å²) in [6.45, 7) is 1.82. The molecular formula is C12H14N4O4S2. The molecule has 0 heterocycles. The van der Waals surface area contributed by atoms with Gasteiger partial charge in [0.05, 0.1) is 4.90 Å². The second-order valence-electron chi connectivity index (χ2n) is 4.09. The summed E-state index contributed by atoms with van der Waals surface area (Å²) >= 11 is 0.937. The maximum absolute atomic E-state index is 11.2. The Balaban J connectivity index is 0.00000116. The van der Waals surface area contributed by atoms with Crippen LogP contribution in [-0.4, -0.2) is 25.2 Å². The summed E-state index contributed by atoms with van der Waals surface area (Å²) in [6, 6.07) is 5.96. The first-order valence-corrected chi connectivity index (χ1v) is 8.02. The Bertz CT molecular complexity index is 846. The topological polar surface area (TPSA) is 149 Å². The Kier molecular flexibility index (Phi) is 6.03. The van der Waals surface area contributed by atoms with Crippen LogP contribution >= 0.6 is 11.9 Å². The number of aliphatic hydroxyl groups is 1. The van der Waals surface area contributed by atoms with Crippen LogP contribution in [0.4, 0.5) is 5.69 Å². The van der Waals surface area contributed by atoms with Crippen molar-refractivity contribution in [3.8, 4) is 0 Å². The Labute approximate surface area is 131 Å². The highest BCUT2D eigenvalue weighted by Gasteiger charge is 2.13. The Morgan fingerprint density at radius 1 is 1.27 bits per heavy atom. The van der Waals surface area contributed by atoms with Crippen LogP contribution in [0.25, 0.3) is 21.2 Å². The summed E-state index contributed by atoms with van der Waals surface area (Å²) in [5.41, 5.74) is 15.2. The number of aryl methyl sites for hydroxylation is 1. The van der Waals surface area contributed by atoms with Crippen LogP contribution in [0.15, 0.2) is 38.6 Å². The van der Waals surface area contributed by atoms with Crippen LogP contribution in [0.5, 0.6) is 0 Å². The molecule has 0 amide bonds. The standard InChI is InChI=1S/C11H10N4O3S2.CH4O/c1-6-2-9-7(4-11(6)19-15-14-13)3-8(5-10(9)12)20(16,17)18;1-2/h2-5H,12H2,1H3,(H,16,17,18);2H,1H3. The van der Waals surface area contributed by atoms with Gasteiger partial charge in [-0.2, -0.15) is 8.42 Å². The first-order chi connectivity index (χ1) is 10.3. The molecule has 4 N–H and O–H groups in total. The number of benzene rings is 2. The van der Waals surface area contributed by atoms with E-state index in [0.29, 0.717) is 15.7 Å². The zero-order valence-electron chi connectivity index (χ0n) is 11.8. The quantitative estimate of drug-likeness (QED) is 0.195. The average molecular weight is 342 g/mol. The van der Waals surface area contributed by atoms with Crippen LogP contribution in [0.2, 0.25) is 0 Å². The van der Waals surface area contributed by atoms with Gasteiger partial charge in [-0.3, -0.25) is 4.55 Å². The molecule has 0 unspecified atom stereocenters. The second kappa shape index (κ2) is 7.34. The average Bonchev–Trinajstić information content (AvgIpc) is 2.47. The van der Waals surface area contributed by atoms with E-state index < -0.39 is 10.1 Å². The molecule has 0 bridgehead atoms. The van der Waals surface area contributed by atoms with Gasteiger partial charge < -0.3 is 10.8 Å². The Morgan fingerprint density at radius 3 is 2.45 bits per heavy atom. The third-order valence-corrected chi connectivity index (χ3v) is 4.35. The molecule has 22 heavy (non-hydrogen) atoms. The molecule has 0 aliphatic rings. The molecule has 0 aromatic heterocycles. The number of azide groups is 1. The van der Waals surface area contributed by atoms with Crippen molar-refractivity contribution in [2.45, 2.75) is 16.7 Å². The summed E-state index contributed by atoms with van der Waals surface area (Å²) < 4.78 is 34.8. The number of aliphatic hydroxyl groups excluding tert-OH is 1. The minimum atomic E-state index is -4.33. The van der Waals surface area contributed by atoms with Gasteiger partial charge in [-0.1, -0.05) is 0 Å². The predicted octanol–water partition coefficient (Wildman–Crippen LogP) is 2.90. The van der Waals surface area contributed by atoms with E-state index in [-0.39, 0.29) is 10.6 Å². The maximum Gasteiger partial charge on any atom is 0.294 e. The van der Waals surface area contributed by atoms with Gasteiger partial charge in [-0.05, 0) is 64.1 Å². The first-order valence-electron chi connectivity index (χ1n) is 5.80. The third kappa shape index (κ3) is 4.03. The van der Waals surface area contributed by atoms with E-state index in [1.165, 1.54) is 12.1 Å². The van der Waals surface area contributed by atoms with Gasteiger partial charge in [0.15, 0.2) is 0 Å². The van der Waals surface area contributed by atoms with Crippen LogP contribution in [-0.2, 0) is 10.1 Å². The van der Waals surface area contributed by atoms with Crippen molar-refractivity contribution >= 4 is 38.5 Å². The highest BCUT2D eigenvalue weighted by molar-refractivity contribution is 7.98. The normalized spacial score (nSPS) is 10.5. The lowest BCUT2D eigenvalue weighted by molar-refractivity contribution is 0.399. The van der Waals surface area contributed by atoms with E-state index in [2.05, 4.69) is 9.43 Å². The fourth-order valence-electron chi connectivity index (χ4n) is 1.81. The molecule has 118 valence electrons. The number of hydrogen-bond donors (Lipinski definition) is 3. The molecule has 2 rings (SSSR count). The largest absolute Gasteiger partial charge is 0.400 e. The van der Waals surface area contributed by atoms with Gasteiger partial charge >= 0.3 is 0 Å². The fraction of sp³-hybridized carbons (Fsp3) is 0.167. The lowest BCUT2D eigenvalue weighted by Crippen LogP contribution is -2.00. The van der Waals surface area contributed by atoms with Crippen LogP contribution in [0.3, 0.4) is 0 Å². The molecule has 0 radical (unpaired) electrons. The fourth-order valence-corrected chi connectivity index (χ4v) is 2.87. The predicted molar refractivity (Wildman–Crippen MR) is 86.1 cm³/mol. The molecule has 2 aromatic carbocycles. The van der Waals surface area contributed by atoms with E-state index in [0.717, 1.165) is 24.6 Å². The highest BCUT2D eigenvalue weighted by atomic mass is 32.2. The lowest BCUT2D eigenvalue weighted by atomic mass is 10.1. The van der Waals surface area contributed by atoms with Gasteiger partial charge in [0, 0.05) is 28.0 Å². The van der Waals surface area contributed by atoms with E-state index in [1.54, 1.807) is 12.1 Å². The number of nitrogen functional groups attached to an aromatic ring is 1. The van der Waals surface area contributed by atoms with E-state index >= 15 is 0 Å². The molecule has 10 heteroatoms. The molecule has 0 atom stereocenters. The summed E-state index contributed by atoms with van der Waals surface area (Å²) in [5.74, 6) is 0. The molecule has 0 saturated heterocycles. The number of anilines is 1. The summed E-state index contributed by atoms with van der Waals surface area (Å²) in [5, 5.41) is 8.21. The van der Waals surface area contributed by atoms with Crippen molar-refractivity contribution in [1.29, 1.82) is 0 Å². The van der Waals surface area contributed by atoms with E-state index in [4.69, 9.17) is 20.9 Å². The molecule has 0 aliphatic carbocycles. The molecule has 0 aliphatic heterocycles. The molecule has 0 saturated carbocycles. The Hall–Kier alpha value is -1.97. The first kappa shape index (κ1) is 18.1. The summed E-state index contributed by atoms with van der Waals surface area (Å²) in [4.78, 5) is 3.06. The van der Waals surface area contributed by atoms with Crippen molar-refractivity contribution in [3.63, 3.8) is 0 Å². The van der Waals surface area contributed by atoms with Crippen molar-refractivity contribution in [2.75, 3.05) is 12.8 Å². The van der Waals surface area contributed by atoms with Crippen LogP contribution in [0, 0.1) is 6.92 Å². The van der Waals surface area contributed by atoms with Crippen LogP contribution in [0.1, 0.15) is 5.56 Å². The summed E-state index contributed by atoms with van der Waals surface area (Å²) in [6.07, 6.45) is 0. The van der Waals surface area contributed by atoms with Crippen molar-refractivity contribution < 1.29 is 18.1 Å². The smallest absolute Gasteiger partial charge is 0.294 e.